The highest BCUT2D eigenvalue weighted by Crippen LogP contribution is 2.42. The molecule has 0 aromatic heterocycles. The number of rotatable bonds is 4. The van der Waals surface area contributed by atoms with Crippen LogP contribution in [-0.4, -0.2) is 61.7 Å². The molecular weight excluding hydrogens is 316 g/mol. The molecule has 0 radical (unpaired) electrons. The molecule has 1 unspecified atom stereocenters. The minimum atomic E-state index is -0.142. The highest BCUT2D eigenvalue weighted by molar-refractivity contribution is 5.85. The van der Waals surface area contributed by atoms with Gasteiger partial charge in [0.2, 0.25) is 5.91 Å². The van der Waals surface area contributed by atoms with Gasteiger partial charge in [0.25, 0.3) is 0 Å². The Morgan fingerprint density at radius 2 is 2.04 bits per heavy atom. The van der Waals surface area contributed by atoms with E-state index in [1.54, 1.807) is 7.11 Å². The SMILES string of the molecule is COc1cccc(CN2CCC3(CCN(C4CCOCC4)C3)C2=O)c1. The molecule has 1 spiro atoms. The molecule has 4 rings (SSSR count). The minimum Gasteiger partial charge on any atom is -0.497 e. The van der Waals surface area contributed by atoms with Crippen molar-refractivity contribution in [3.63, 3.8) is 0 Å². The second kappa shape index (κ2) is 6.96. The van der Waals surface area contributed by atoms with E-state index < -0.39 is 0 Å². The fraction of sp³-hybridized carbons (Fsp3) is 0.650. The van der Waals surface area contributed by atoms with Gasteiger partial charge in [0.15, 0.2) is 0 Å². The smallest absolute Gasteiger partial charge is 0.230 e. The summed E-state index contributed by atoms with van der Waals surface area (Å²) in [6.45, 7) is 5.29. The first-order valence-corrected chi connectivity index (χ1v) is 9.44. The molecule has 0 aliphatic carbocycles. The van der Waals surface area contributed by atoms with Gasteiger partial charge in [-0.3, -0.25) is 9.69 Å². The Bertz CT molecular complexity index is 629. The molecule has 25 heavy (non-hydrogen) atoms. The molecule has 3 aliphatic rings. The molecule has 5 nitrogen and oxygen atoms in total. The first kappa shape index (κ1) is 16.9. The Kier molecular flexibility index (Phi) is 4.69. The molecule has 0 saturated carbocycles. The lowest BCUT2D eigenvalue weighted by molar-refractivity contribution is -0.136. The summed E-state index contributed by atoms with van der Waals surface area (Å²) in [5.41, 5.74) is 1.00. The number of hydrogen-bond acceptors (Lipinski definition) is 4. The van der Waals surface area contributed by atoms with Gasteiger partial charge in [0, 0.05) is 38.9 Å². The van der Waals surface area contributed by atoms with E-state index >= 15 is 0 Å². The van der Waals surface area contributed by atoms with Crippen LogP contribution in [0.15, 0.2) is 24.3 Å². The van der Waals surface area contributed by atoms with E-state index in [4.69, 9.17) is 9.47 Å². The van der Waals surface area contributed by atoms with Gasteiger partial charge in [0.05, 0.1) is 12.5 Å². The van der Waals surface area contributed by atoms with Crippen molar-refractivity contribution in [2.24, 2.45) is 5.41 Å². The van der Waals surface area contributed by atoms with Gasteiger partial charge >= 0.3 is 0 Å². The maximum absolute atomic E-state index is 13.2. The van der Waals surface area contributed by atoms with Crippen LogP contribution in [-0.2, 0) is 16.1 Å². The zero-order chi connectivity index (χ0) is 17.3. The fourth-order valence-corrected chi connectivity index (χ4v) is 4.68. The summed E-state index contributed by atoms with van der Waals surface area (Å²) in [7, 11) is 1.68. The fourth-order valence-electron chi connectivity index (χ4n) is 4.68. The number of ether oxygens (including phenoxy) is 2. The molecule has 1 amide bonds. The van der Waals surface area contributed by atoms with E-state index in [1.807, 2.05) is 23.1 Å². The Balaban J connectivity index is 1.41. The Morgan fingerprint density at radius 3 is 2.84 bits per heavy atom. The van der Waals surface area contributed by atoms with Gasteiger partial charge in [-0.25, -0.2) is 0 Å². The maximum atomic E-state index is 13.2. The number of amides is 1. The number of carbonyl (C=O) groups excluding carboxylic acids is 1. The van der Waals surface area contributed by atoms with Crippen LogP contribution in [0.3, 0.4) is 0 Å². The van der Waals surface area contributed by atoms with Crippen LogP contribution in [0.4, 0.5) is 0 Å². The Morgan fingerprint density at radius 1 is 1.24 bits per heavy atom. The van der Waals surface area contributed by atoms with E-state index in [0.29, 0.717) is 18.5 Å². The number of carbonyl (C=O) groups is 1. The largest absolute Gasteiger partial charge is 0.497 e. The van der Waals surface area contributed by atoms with Gasteiger partial charge in [-0.1, -0.05) is 12.1 Å². The molecule has 1 aromatic carbocycles. The first-order valence-electron chi connectivity index (χ1n) is 9.44. The first-order chi connectivity index (χ1) is 12.2. The van der Waals surface area contributed by atoms with E-state index in [0.717, 1.165) is 69.8 Å². The molecule has 3 aliphatic heterocycles. The topological polar surface area (TPSA) is 42.0 Å². The van der Waals surface area contributed by atoms with Crippen molar-refractivity contribution in [2.75, 3.05) is 40.0 Å². The van der Waals surface area contributed by atoms with Gasteiger partial charge in [-0.2, -0.15) is 0 Å². The number of benzene rings is 1. The predicted octanol–water partition coefficient (Wildman–Crippen LogP) is 2.30. The molecule has 1 atom stereocenters. The van der Waals surface area contributed by atoms with Crippen LogP contribution >= 0.6 is 0 Å². The summed E-state index contributed by atoms with van der Waals surface area (Å²) in [6, 6.07) is 8.64. The summed E-state index contributed by atoms with van der Waals surface area (Å²) in [4.78, 5) is 17.8. The van der Waals surface area contributed by atoms with Crippen LogP contribution in [0, 0.1) is 5.41 Å². The van der Waals surface area contributed by atoms with Crippen LogP contribution in [0.2, 0.25) is 0 Å². The highest BCUT2D eigenvalue weighted by Gasteiger charge is 2.51. The summed E-state index contributed by atoms with van der Waals surface area (Å²) in [5.74, 6) is 1.20. The maximum Gasteiger partial charge on any atom is 0.230 e. The molecule has 1 aromatic rings. The third-order valence-electron chi connectivity index (χ3n) is 6.20. The monoisotopic (exact) mass is 344 g/mol. The second-order valence-electron chi connectivity index (χ2n) is 7.67. The van der Waals surface area contributed by atoms with Crippen LogP contribution in [0.1, 0.15) is 31.2 Å². The molecule has 5 heteroatoms. The zero-order valence-corrected chi connectivity index (χ0v) is 15.1. The third-order valence-corrected chi connectivity index (χ3v) is 6.20. The van der Waals surface area contributed by atoms with Crippen molar-refractivity contribution in [1.82, 2.24) is 9.80 Å². The van der Waals surface area contributed by atoms with Crippen LogP contribution in [0.25, 0.3) is 0 Å². The van der Waals surface area contributed by atoms with E-state index in [2.05, 4.69) is 11.0 Å². The Labute approximate surface area is 149 Å². The van der Waals surface area contributed by atoms with Crippen molar-refractivity contribution < 1.29 is 14.3 Å². The average molecular weight is 344 g/mol. The molecule has 0 N–H and O–H groups in total. The molecule has 3 fully saturated rings. The number of likely N-dealkylation sites (tertiary alicyclic amines) is 2. The van der Waals surface area contributed by atoms with Crippen LogP contribution in [0.5, 0.6) is 5.75 Å². The van der Waals surface area contributed by atoms with Crippen molar-refractivity contribution in [3.05, 3.63) is 29.8 Å². The number of hydrogen-bond donors (Lipinski definition) is 0. The van der Waals surface area contributed by atoms with Gasteiger partial charge in [-0.05, 0) is 49.9 Å². The lowest BCUT2D eigenvalue weighted by Gasteiger charge is -2.32. The number of methoxy groups -OCH3 is 1. The quantitative estimate of drug-likeness (QED) is 0.840. The lowest BCUT2D eigenvalue weighted by atomic mass is 9.85. The van der Waals surface area contributed by atoms with Gasteiger partial charge in [-0.15, -0.1) is 0 Å². The summed E-state index contributed by atoms with van der Waals surface area (Å²) in [5, 5.41) is 0. The van der Waals surface area contributed by atoms with Crippen LogP contribution < -0.4 is 4.74 Å². The second-order valence-corrected chi connectivity index (χ2v) is 7.67. The van der Waals surface area contributed by atoms with Crippen molar-refractivity contribution in [1.29, 1.82) is 0 Å². The lowest BCUT2D eigenvalue weighted by Crippen LogP contribution is -2.41. The van der Waals surface area contributed by atoms with Crippen molar-refractivity contribution in [3.8, 4) is 5.75 Å². The summed E-state index contributed by atoms with van der Waals surface area (Å²) >= 11 is 0. The third kappa shape index (κ3) is 3.27. The van der Waals surface area contributed by atoms with E-state index in [9.17, 15) is 4.79 Å². The number of nitrogens with zero attached hydrogens (tertiary/aromatic N) is 2. The zero-order valence-electron chi connectivity index (χ0n) is 15.1. The standard InChI is InChI=1S/C20H28N2O3/c1-24-18-4-2-3-16(13-18)14-21-9-7-20(19(21)23)8-10-22(15-20)17-5-11-25-12-6-17/h2-4,13,17H,5-12,14-15H2,1H3. The van der Waals surface area contributed by atoms with E-state index in [-0.39, 0.29) is 5.41 Å². The average Bonchev–Trinajstić information content (AvgIpc) is 3.23. The molecular formula is C20H28N2O3. The Hall–Kier alpha value is -1.59. The molecule has 0 bridgehead atoms. The minimum absolute atomic E-state index is 0.142. The molecule has 136 valence electrons. The van der Waals surface area contributed by atoms with Crippen molar-refractivity contribution in [2.45, 2.75) is 38.3 Å². The predicted molar refractivity (Wildman–Crippen MR) is 95.5 cm³/mol. The highest BCUT2D eigenvalue weighted by atomic mass is 16.5. The molecule has 3 saturated heterocycles. The van der Waals surface area contributed by atoms with Crippen molar-refractivity contribution >= 4 is 5.91 Å². The summed E-state index contributed by atoms with van der Waals surface area (Å²) < 4.78 is 10.8. The molecule has 3 heterocycles. The normalized spacial score (nSPS) is 28.2. The van der Waals surface area contributed by atoms with Gasteiger partial charge in [0.1, 0.15) is 5.75 Å². The van der Waals surface area contributed by atoms with Gasteiger partial charge < -0.3 is 14.4 Å². The van der Waals surface area contributed by atoms with E-state index in [1.165, 1.54) is 0 Å². The summed E-state index contributed by atoms with van der Waals surface area (Å²) in [6.07, 6.45) is 4.23.